The van der Waals surface area contributed by atoms with Gasteiger partial charge in [0.2, 0.25) is 5.91 Å². The molecule has 5 nitrogen and oxygen atoms in total. The van der Waals surface area contributed by atoms with Gasteiger partial charge >= 0.3 is 0 Å². The van der Waals surface area contributed by atoms with Gasteiger partial charge in [0, 0.05) is 6.54 Å². The van der Waals surface area contributed by atoms with Crippen LogP contribution in [0, 0.1) is 5.82 Å². The molecule has 27 heavy (non-hydrogen) atoms. The van der Waals surface area contributed by atoms with E-state index in [0.717, 1.165) is 11.6 Å². The summed E-state index contributed by atoms with van der Waals surface area (Å²) in [5, 5.41) is 2.54. The molecule has 2 amide bonds. The summed E-state index contributed by atoms with van der Waals surface area (Å²) in [5.41, 5.74) is 0.729. The van der Waals surface area contributed by atoms with Crippen molar-refractivity contribution >= 4 is 23.4 Å². The Morgan fingerprint density at radius 1 is 1.22 bits per heavy atom. The number of ether oxygens (including phenoxy) is 1. The number of halogens is 2. The maximum absolute atomic E-state index is 13.9. The zero-order valence-corrected chi connectivity index (χ0v) is 15.6. The Labute approximate surface area is 162 Å². The Bertz CT molecular complexity index is 811. The van der Waals surface area contributed by atoms with E-state index in [-0.39, 0.29) is 22.6 Å². The fourth-order valence-electron chi connectivity index (χ4n) is 3.04. The first-order chi connectivity index (χ1) is 13.0. The lowest BCUT2D eigenvalue weighted by Gasteiger charge is -2.34. The number of carbonyl (C=O) groups excluding carboxylic acids is 2. The lowest BCUT2D eigenvalue weighted by Crippen LogP contribution is -2.51. The maximum Gasteiger partial charge on any atom is 0.256 e. The van der Waals surface area contributed by atoms with Gasteiger partial charge in [0.15, 0.2) is 0 Å². The second kappa shape index (κ2) is 8.50. The number of morpholine rings is 1. The van der Waals surface area contributed by atoms with Gasteiger partial charge in [-0.3, -0.25) is 9.59 Å². The number of amides is 2. The van der Waals surface area contributed by atoms with E-state index < -0.39 is 17.8 Å². The van der Waals surface area contributed by atoms with E-state index in [0.29, 0.717) is 19.7 Å². The Morgan fingerprint density at radius 3 is 2.67 bits per heavy atom. The molecule has 0 aliphatic carbocycles. The molecule has 0 saturated carbocycles. The number of hydrogen-bond donors (Lipinski definition) is 1. The van der Waals surface area contributed by atoms with Crippen LogP contribution < -0.4 is 5.32 Å². The number of carbonyl (C=O) groups is 2. The molecule has 0 spiro atoms. The highest BCUT2D eigenvalue weighted by Gasteiger charge is 2.29. The lowest BCUT2D eigenvalue weighted by atomic mass is 10.1. The third-order valence-electron chi connectivity index (χ3n) is 4.46. The summed E-state index contributed by atoms with van der Waals surface area (Å²) < 4.78 is 19.6. The summed E-state index contributed by atoms with van der Waals surface area (Å²) in [6.07, 6.45) is -0.215. The first-order valence-corrected chi connectivity index (χ1v) is 9.05. The highest BCUT2D eigenvalue weighted by atomic mass is 35.5. The summed E-state index contributed by atoms with van der Waals surface area (Å²) in [6.45, 7) is 2.80. The van der Waals surface area contributed by atoms with E-state index in [4.69, 9.17) is 16.3 Å². The molecule has 0 bridgehead atoms. The van der Waals surface area contributed by atoms with Crippen LogP contribution in [0.5, 0.6) is 0 Å². The van der Waals surface area contributed by atoms with Gasteiger partial charge in [0.05, 0.1) is 23.7 Å². The standard InChI is InChI=1S/C20H20ClFN2O3/c1-13(23-19(25)18-15(21)8-5-9-16(18)22)20(26)24-10-11-27-17(12-24)14-6-3-2-4-7-14/h2-9,13,17H,10-12H2,1H3,(H,23,25)/t13-,17?/m0/s1. The molecule has 142 valence electrons. The van der Waals surface area contributed by atoms with Gasteiger partial charge in [-0.1, -0.05) is 48.0 Å². The van der Waals surface area contributed by atoms with Crippen molar-refractivity contribution in [1.29, 1.82) is 0 Å². The highest BCUT2D eigenvalue weighted by molar-refractivity contribution is 6.33. The zero-order chi connectivity index (χ0) is 19.4. The molecule has 1 fully saturated rings. The number of nitrogens with one attached hydrogen (secondary N) is 1. The minimum atomic E-state index is -0.817. The Hall–Kier alpha value is -2.44. The van der Waals surface area contributed by atoms with Crippen LogP contribution in [0.3, 0.4) is 0 Å². The van der Waals surface area contributed by atoms with Crippen molar-refractivity contribution < 1.29 is 18.7 Å². The number of rotatable bonds is 4. The van der Waals surface area contributed by atoms with Crippen LogP contribution in [-0.4, -0.2) is 42.5 Å². The molecule has 3 rings (SSSR count). The predicted molar refractivity (Wildman–Crippen MR) is 100 cm³/mol. The van der Waals surface area contributed by atoms with Crippen molar-refractivity contribution in [1.82, 2.24) is 10.2 Å². The normalized spacial score (nSPS) is 18.0. The number of nitrogens with zero attached hydrogens (tertiary/aromatic N) is 1. The second-order valence-electron chi connectivity index (χ2n) is 6.35. The van der Waals surface area contributed by atoms with E-state index >= 15 is 0 Å². The van der Waals surface area contributed by atoms with Gasteiger partial charge in [-0.25, -0.2) is 4.39 Å². The Balaban J connectivity index is 1.65. The average Bonchev–Trinajstić information content (AvgIpc) is 2.68. The van der Waals surface area contributed by atoms with Gasteiger partial charge in [0.25, 0.3) is 5.91 Å². The minimum absolute atomic E-state index is 0.00247. The van der Waals surface area contributed by atoms with Crippen molar-refractivity contribution in [3.63, 3.8) is 0 Å². The monoisotopic (exact) mass is 390 g/mol. The molecule has 1 aliphatic rings. The summed E-state index contributed by atoms with van der Waals surface area (Å²) in [7, 11) is 0. The van der Waals surface area contributed by atoms with E-state index in [2.05, 4.69) is 5.32 Å². The molecule has 1 N–H and O–H groups in total. The summed E-state index contributed by atoms with van der Waals surface area (Å²) in [6, 6.07) is 12.8. The van der Waals surface area contributed by atoms with Crippen LogP contribution in [0.1, 0.15) is 28.9 Å². The van der Waals surface area contributed by atoms with Crippen LogP contribution in [0.15, 0.2) is 48.5 Å². The fourth-order valence-corrected chi connectivity index (χ4v) is 3.29. The summed E-state index contributed by atoms with van der Waals surface area (Å²) in [4.78, 5) is 26.7. The lowest BCUT2D eigenvalue weighted by molar-refractivity contribution is -0.140. The molecule has 1 heterocycles. The van der Waals surface area contributed by atoms with E-state index in [1.54, 1.807) is 11.8 Å². The van der Waals surface area contributed by atoms with Crippen LogP contribution in [-0.2, 0) is 9.53 Å². The van der Waals surface area contributed by atoms with Crippen LogP contribution in [0.2, 0.25) is 5.02 Å². The Kier molecular flexibility index (Phi) is 6.08. The van der Waals surface area contributed by atoms with Crippen molar-refractivity contribution in [2.75, 3.05) is 19.7 Å². The smallest absolute Gasteiger partial charge is 0.256 e. The molecule has 2 atom stereocenters. The van der Waals surface area contributed by atoms with Gasteiger partial charge < -0.3 is 15.0 Å². The summed E-state index contributed by atoms with van der Waals surface area (Å²) >= 11 is 5.91. The average molecular weight is 391 g/mol. The molecule has 2 aromatic rings. The topological polar surface area (TPSA) is 58.6 Å². The second-order valence-corrected chi connectivity index (χ2v) is 6.75. The minimum Gasteiger partial charge on any atom is -0.370 e. The quantitative estimate of drug-likeness (QED) is 0.872. The van der Waals surface area contributed by atoms with Crippen molar-refractivity contribution in [3.05, 3.63) is 70.5 Å². The van der Waals surface area contributed by atoms with Gasteiger partial charge in [-0.2, -0.15) is 0 Å². The van der Waals surface area contributed by atoms with E-state index in [1.165, 1.54) is 12.1 Å². The Morgan fingerprint density at radius 2 is 1.96 bits per heavy atom. The maximum atomic E-state index is 13.9. The molecule has 7 heteroatoms. The molecule has 0 radical (unpaired) electrons. The van der Waals surface area contributed by atoms with Crippen LogP contribution in [0.4, 0.5) is 4.39 Å². The van der Waals surface area contributed by atoms with E-state index in [9.17, 15) is 14.0 Å². The van der Waals surface area contributed by atoms with Crippen molar-refractivity contribution in [3.8, 4) is 0 Å². The largest absolute Gasteiger partial charge is 0.370 e. The first-order valence-electron chi connectivity index (χ1n) is 8.67. The van der Waals surface area contributed by atoms with Gasteiger partial charge in [0.1, 0.15) is 18.0 Å². The number of benzene rings is 2. The van der Waals surface area contributed by atoms with Crippen LogP contribution >= 0.6 is 11.6 Å². The van der Waals surface area contributed by atoms with Gasteiger partial charge in [-0.05, 0) is 24.6 Å². The van der Waals surface area contributed by atoms with Crippen molar-refractivity contribution in [2.24, 2.45) is 0 Å². The zero-order valence-electron chi connectivity index (χ0n) is 14.8. The predicted octanol–water partition coefficient (Wildman–Crippen LogP) is 3.20. The molecule has 0 aromatic heterocycles. The molecular weight excluding hydrogens is 371 g/mol. The van der Waals surface area contributed by atoms with Crippen LogP contribution in [0.25, 0.3) is 0 Å². The third-order valence-corrected chi connectivity index (χ3v) is 4.77. The number of hydrogen-bond acceptors (Lipinski definition) is 3. The highest BCUT2D eigenvalue weighted by Crippen LogP contribution is 2.23. The first kappa shape index (κ1) is 19.3. The molecule has 1 aliphatic heterocycles. The van der Waals surface area contributed by atoms with E-state index in [1.807, 2.05) is 30.3 Å². The molecule has 1 saturated heterocycles. The molecular formula is C20H20ClFN2O3. The van der Waals surface area contributed by atoms with Gasteiger partial charge in [-0.15, -0.1) is 0 Å². The molecule has 2 aromatic carbocycles. The summed E-state index contributed by atoms with van der Waals surface area (Å²) in [5.74, 6) is -1.69. The third kappa shape index (κ3) is 4.46. The fraction of sp³-hybridized carbons (Fsp3) is 0.300. The SMILES string of the molecule is C[C@H](NC(=O)c1c(F)cccc1Cl)C(=O)N1CCOC(c2ccccc2)C1. The van der Waals surface area contributed by atoms with Crippen molar-refractivity contribution in [2.45, 2.75) is 19.1 Å². The molecule has 1 unspecified atom stereocenters.